The number of nitrogens with zero attached hydrogens (tertiary/aromatic N) is 1. The van der Waals surface area contributed by atoms with Crippen molar-refractivity contribution in [3.05, 3.63) is 95.9 Å². The Kier molecular flexibility index (Phi) is 8.47. The van der Waals surface area contributed by atoms with Crippen LogP contribution in [0.5, 0.6) is 5.75 Å². The highest BCUT2D eigenvalue weighted by Crippen LogP contribution is 2.36. The van der Waals surface area contributed by atoms with Gasteiger partial charge in [-0.05, 0) is 60.2 Å². The van der Waals surface area contributed by atoms with E-state index in [-0.39, 0.29) is 28.0 Å². The molecule has 0 aromatic heterocycles. The van der Waals surface area contributed by atoms with Crippen LogP contribution in [0.4, 0.5) is 5.69 Å². The zero-order valence-electron chi connectivity index (χ0n) is 16.1. The van der Waals surface area contributed by atoms with Crippen LogP contribution < -0.4 is 10.1 Å². The summed E-state index contributed by atoms with van der Waals surface area (Å²) in [4.78, 5) is 12.5. The molecule has 3 aromatic carbocycles. The molecule has 0 radical (unpaired) electrons. The first kappa shape index (κ1) is 24.4. The number of anilines is 1. The molecule has 0 heterocycles. The first-order valence-electron chi connectivity index (χ1n) is 9.01. The Hall–Kier alpha value is -2.20. The Labute approximate surface area is 213 Å². The lowest BCUT2D eigenvalue weighted by molar-refractivity contribution is -0.112. The summed E-state index contributed by atoms with van der Waals surface area (Å²) in [5, 5.41) is 13.5. The van der Waals surface area contributed by atoms with Gasteiger partial charge in [0.15, 0.2) is 5.75 Å². The van der Waals surface area contributed by atoms with E-state index in [9.17, 15) is 10.1 Å². The summed E-state index contributed by atoms with van der Waals surface area (Å²) in [7, 11) is 0. The highest BCUT2D eigenvalue weighted by Gasteiger charge is 2.14. The normalized spacial score (nSPS) is 11.1. The monoisotopic (exact) mass is 568 g/mol. The first-order valence-corrected chi connectivity index (χ1v) is 11.3. The lowest BCUT2D eigenvalue weighted by Crippen LogP contribution is -2.13. The lowest BCUT2D eigenvalue weighted by atomic mass is 10.1. The number of carbonyl (C=O) groups is 1. The predicted molar refractivity (Wildman–Crippen MR) is 134 cm³/mol. The molecule has 0 unspecified atom stereocenters. The molecule has 0 saturated carbocycles. The van der Waals surface area contributed by atoms with E-state index in [1.165, 1.54) is 6.08 Å². The minimum absolute atomic E-state index is 0.110. The van der Waals surface area contributed by atoms with Crippen molar-refractivity contribution < 1.29 is 9.53 Å². The number of rotatable bonds is 6. The largest absolute Gasteiger partial charge is 0.486 e. The van der Waals surface area contributed by atoms with Crippen LogP contribution in [-0.2, 0) is 11.4 Å². The SMILES string of the molecule is N#C/C(=C/c1cc(Cl)c(OCc2ccc(Cl)cc2Cl)c(Cl)c1)C(=O)Nc1ccc(Br)cc1. The molecule has 3 rings (SSSR count). The molecule has 0 aliphatic rings. The molecule has 162 valence electrons. The number of hydrogen-bond acceptors (Lipinski definition) is 3. The van der Waals surface area contributed by atoms with Crippen LogP contribution in [-0.4, -0.2) is 5.91 Å². The molecular formula is C23H13BrCl4N2O2. The van der Waals surface area contributed by atoms with Crippen molar-refractivity contribution in [3.8, 4) is 11.8 Å². The Balaban J connectivity index is 1.77. The molecule has 1 amide bonds. The maximum Gasteiger partial charge on any atom is 0.266 e. The number of hydrogen-bond donors (Lipinski definition) is 1. The minimum atomic E-state index is -0.556. The molecule has 0 aliphatic carbocycles. The summed E-state index contributed by atoms with van der Waals surface area (Å²) in [6.45, 7) is 0.129. The van der Waals surface area contributed by atoms with Gasteiger partial charge in [0, 0.05) is 25.8 Å². The van der Waals surface area contributed by atoms with E-state index in [0.717, 1.165) is 4.47 Å². The van der Waals surface area contributed by atoms with E-state index in [0.29, 0.717) is 26.9 Å². The summed E-state index contributed by atoms with van der Waals surface area (Å²) in [5.74, 6) is -0.297. The van der Waals surface area contributed by atoms with Crippen LogP contribution in [0.15, 0.2) is 64.6 Å². The number of nitrogens with one attached hydrogen (secondary N) is 1. The third kappa shape index (κ3) is 6.41. The second-order valence-electron chi connectivity index (χ2n) is 6.47. The third-order valence-electron chi connectivity index (χ3n) is 4.19. The van der Waals surface area contributed by atoms with Gasteiger partial charge < -0.3 is 10.1 Å². The fourth-order valence-electron chi connectivity index (χ4n) is 2.64. The number of benzene rings is 3. The molecule has 0 spiro atoms. The van der Waals surface area contributed by atoms with E-state index in [1.54, 1.807) is 54.6 Å². The topological polar surface area (TPSA) is 62.1 Å². The van der Waals surface area contributed by atoms with Gasteiger partial charge in [0.2, 0.25) is 0 Å². The summed E-state index contributed by atoms with van der Waals surface area (Å²) >= 11 is 28.1. The van der Waals surface area contributed by atoms with Crippen LogP contribution in [0.1, 0.15) is 11.1 Å². The maximum atomic E-state index is 12.5. The molecule has 0 fully saturated rings. The molecule has 0 aliphatic heterocycles. The smallest absolute Gasteiger partial charge is 0.266 e. The summed E-state index contributed by atoms with van der Waals surface area (Å²) < 4.78 is 6.61. The Morgan fingerprint density at radius 3 is 2.25 bits per heavy atom. The Morgan fingerprint density at radius 1 is 1.00 bits per heavy atom. The van der Waals surface area contributed by atoms with Crippen molar-refractivity contribution in [2.45, 2.75) is 6.61 Å². The fourth-order valence-corrected chi connectivity index (χ4v) is 3.98. The standard InChI is InChI=1S/C23H13BrCl4N2O2/c24-16-2-5-18(6-3-16)30-23(31)15(11-29)7-13-8-20(27)22(21(28)9-13)32-12-14-1-4-17(25)10-19(14)26/h1-10H,12H2,(H,30,31)/b15-7-. The predicted octanol–water partition coefficient (Wildman–Crippen LogP) is 8.19. The van der Waals surface area contributed by atoms with Crippen LogP contribution >= 0.6 is 62.3 Å². The average Bonchev–Trinajstić information content (AvgIpc) is 2.74. The average molecular weight is 571 g/mol. The van der Waals surface area contributed by atoms with E-state index in [4.69, 9.17) is 51.1 Å². The van der Waals surface area contributed by atoms with Crippen LogP contribution in [0.25, 0.3) is 6.08 Å². The van der Waals surface area contributed by atoms with Crippen molar-refractivity contribution >= 4 is 80.0 Å². The second kappa shape index (κ2) is 11.1. The molecule has 9 heteroatoms. The van der Waals surface area contributed by atoms with Crippen LogP contribution in [0.2, 0.25) is 20.1 Å². The molecule has 0 bridgehead atoms. The highest BCUT2D eigenvalue weighted by atomic mass is 79.9. The fraction of sp³-hybridized carbons (Fsp3) is 0.0435. The van der Waals surface area contributed by atoms with Crippen molar-refractivity contribution in [1.29, 1.82) is 5.26 Å². The summed E-state index contributed by atoms with van der Waals surface area (Å²) in [6.07, 6.45) is 1.39. The minimum Gasteiger partial charge on any atom is -0.486 e. The Morgan fingerprint density at radius 2 is 1.66 bits per heavy atom. The lowest BCUT2D eigenvalue weighted by Gasteiger charge is -2.12. The first-order chi connectivity index (χ1) is 15.3. The number of ether oxygens (including phenoxy) is 1. The van der Waals surface area contributed by atoms with Gasteiger partial charge in [-0.1, -0.05) is 68.4 Å². The zero-order valence-corrected chi connectivity index (χ0v) is 20.7. The van der Waals surface area contributed by atoms with Crippen LogP contribution in [0.3, 0.4) is 0 Å². The van der Waals surface area contributed by atoms with Crippen molar-refractivity contribution in [2.24, 2.45) is 0 Å². The van der Waals surface area contributed by atoms with E-state index >= 15 is 0 Å². The van der Waals surface area contributed by atoms with Crippen molar-refractivity contribution in [1.82, 2.24) is 0 Å². The van der Waals surface area contributed by atoms with Gasteiger partial charge in [0.1, 0.15) is 18.2 Å². The van der Waals surface area contributed by atoms with Crippen molar-refractivity contribution in [3.63, 3.8) is 0 Å². The van der Waals surface area contributed by atoms with Gasteiger partial charge >= 0.3 is 0 Å². The molecule has 1 N–H and O–H groups in total. The summed E-state index contributed by atoms with van der Waals surface area (Å²) in [5.41, 5.74) is 1.63. The van der Waals surface area contributed by atoms with E-state index in [1.807, 2.05) is 6.07 Å². The molecule has 3 aromatic rings. The molecule has 0 atom stereocenters. The van der Waals surface area contributed by atoms with Crippen molar-refractivity contribution in [2.75, 3.05) is 5.32 Å². The number of carbonyl (C=O) groups excluding carboxylic acids is 1. The molecular weight excluding hydrogens is 558 g/mol. The summed E-state index contributed by atoms with van der Waals surface area (Å²) in [6, 6.07) is 17.0. The highest BCUT2D eigenvalue weighted by molar-refractivity contribution is 9.10. The van der Waals surface area contributed by atoms with Crippen LogP contribution in [0, 0.1) is 11.3 Å². The molecule has 0 saturated heterocycles. The number of nitriles is 1. The van der Waals surface area contributed by atoms with Gasteiger partial charge in [-0.25, -0.2) is 0 Å². The molecule has 4 nitrogen and oxygen atoms in total. The van der Waals surface area contributed by atoms with Gasteiger partial charge in [-0.15, -0.1) is 0 Å². The van der Waals surface area contributed by atoms with Gasteiger partial charge in [-0.3, -0.25) is 4.79 Å². The van der Waals surface area contributed by atoms with E-state index in [2.05, 4.69) is 21.2 Å². The molecule has 32 heavy (non-hydrogen) atoms. The zero-order chi connectivity index (χ0) is 23.3. The second-order valence-corrected chi connectivity index (χ2v) is 9.04. The van der Waals surface area contributed by atoms with Gasteiger partial charge in [0.25, 0.3) is 5.91 Å². The number of amides is 1. The Bertz CT molecular complexity index is 1210. The maximum absolute atomic E-state index is 12.5. The quantitative estimate of drug-likeness (QED) is 0.240. The van der Waals surface area contributed by atoms with Gasteiger partial charge in [0.05, 0.1) is 10.0 Å². The van der Waals surface area contributed by atoms with Gasteiger partial charge in [-0.2, -0.15) is 5.26 Å². The third-order valence-corrected chi connectivity index (χ3v) is 5.86. The van der Waals surface area contributed by atoms with E-state index < -0.39 is 5.91 Å². The number of halogens is 5.